The molecule has 2 aliphatic rings. The minimum atomic E-state index is -3.03. The second-order valence-corrected chi connectivity index (χ2v) is 31.0. The van der Waals surface area contributed by atoms with Gasteiger partial charge in [-0.3, -0.25) is 0 Å². The third-order valence-corrected chi connectivity index (χ3v) is 29.5. The molecule has 17 rings (SSSR count). The van der Waals surface area contributed by atoms with Crippen LogP contribution in [0.25, 0.3) is 61.9 Å². The highest BCUT2D eigenvalue weighted by Gasteiger charge is 2.52. The Bertz CT molecular complexity index is 4530. The first kappa shape index (κ1) is 45.8. The van der Waals surface area contributed by atoms with Crippen molar-refractivity contribution in [1.29, 1.82) is 0 Å². The molecule has 4 heterocycles. The average Bonchev–Trinajstić information content (AvgIpc) is 2.73. The largest absolute Gasteiger partial charge is 0.309 e. The number of nitrogens with zero attached hydrogens (tertiary/aromatic N) is 2. The van der Waals surface area contributed by atoms with Crippen LogP contribution in [0.2, 0.25) is 0 Å². The van der Waals surface area contributed by atoms with Gasteiger partial charge in [-0.05, 0) is 77.9 Å². The quantitative estimate of drug-likeness (QED) is 0.121. The van der Waals surface area contributed by atoms with Crippen LogP contribution in [0.5, 0.6) is 0 Å². The lowest BCUT2D eigenvalue weighted by Gasteiger charge is -2.46. The van der Waals surface area contributed by atoms with Crippen LogP contribution < -0.4 is 51.3 Å². The maximum Gasteiger partial charge on any atom is 0.184 e. The molecular formula is C74H48N2S2Si2. The fourth-order valence-corrected chi connectivity index (χ4v) is 26.8. The molecule has 0 spiro atoms. The zero-order valence-electron chi connectivity index (χ0n) is 43.4. The summed E-state index contributed by atoms with van der Waals surface area (Å²) in [6.07, 6.45) is 0. The lowest BCUT2D eigenvalue weighted by atomic mass is 9.95. The topological polar surface area (TPSA) is 6.48 Å². The number of para-hydroxylation sites is 2. The van der Waals surface area contributed by atoms with E-state index >= 15 is 0 Å². The van der Waals surface area contributed by atoms with Gasteiger partial charge in [0.1, 0.15) is 0 Å². The van der Waals surface area contributed by atoms with Crippen molar-refractivity contribution in [2.24, 2.45) is 0 Å². The van der Waals surface area contributed by atoms with Crippen LogP contribution >= 0.6 is 22.7 Å². The Morgan fingerprint density at radius 3 is 0.850 bits per heavy atom. The minimum absolute atomic E-state index is 1.20. The maximum absolute atomic E-state index is 3.03. The summed E-state index contributed by atoms with van der Waals surface area (Å²) in [5, 5.41) is 21.2. The summed E-state index contributed by atoms with van der Waals surface area (Å²) in [4.78, 5) is 5.36. The first-order valence-corrected chi connectivity index (χ1v) is 33.2. The normalized spacial score (nSPS) is 14.2. The Kier molecular flexibility index (Phi) is 10.1. The van der Waals surface area contributed by atoms with E-state index in [4.69, 9.17) is 0 Å². The van der Waals surface area contributed by atoms with Crippen molar-refractivity contribution in [2.45, 2.75) is 0 Å². The Labute approximate surface area is 474 Å². The van der Waals surface area contributed by atoms with E-state index in [0.29, 0.717) is 0 Å². The molecule has 2 nitrogen and oxygen atoms in total. The second-order valence-electron chi connectivity index (χ2n) is 21.4. The lowest BCUT2D eigenvalue weighted by Crippen LogP contribution is -2.77. The van der Waals surface area contributed by atoms with Gasteiger partial charge in [-0.1, -0.05) is 255 Å². The van der Waals surface area contributed by atoms with Gasteiger partial charge in [0.2, 0.25) is 0 Å². The third kappa shape index (κ3) is 6.27. The molecule has 0 aliphatic carbocycles. The smallest absolute Gasteiger partial charge is 0.184 e. The fraction of sp³-hybridized carbons (Fsp3) is 0. The van der Waals surface area contributed by atoms with Crippen LogP contribution in [0.1, 0.15) is 0 Å². The van der Waals surface area contributed by atoms with E-state index in [0.717, 1.165) is 0 Å². The molecule has 0 unspecified atom stereocenters. The Morgan fingerprint density at radius 1 is 0.212 bits per heavy atom. The number of fused-ring (bicyclic) bond motifs is 12. The third-order valence-electron chi connectivity index (χ3n) is 17.5. The van der Waals surface area contributed by atoms with Gasteiger partial charge < -0.3 is 9.80 Å². The summed E-state index contributed by atoms with van der Waals surface area (Å²) >= 11 is 3.81. The Hall–Kier alpha value is -9.15. The van der Waals surface area contributed by atoms with Crippen molar-refractivity contribution in [1.82, 2.24) is 0 Å². The minimum Gasteiger partial charge on any atom is -0.309 e. The number of thiophene rings is 2. The monoisotopic (exact) mass is 1080 g/mol. The van der Waals surface area contributed by atoms with Crippen LogP contribution in [-0.2, 0) is 0 Å². The zero-order chi connectivity index (χ0) is 52.5. The van der Waals surface area contributed by atoms with Gasteiger partial charge in [0.25, 0.3) is 0 Å². The van der Waals surface area contributed by atoms with Crippen molar-refractivity contribution in [2.75, 3.05) is 9.80 Å². The summed E-state index contributed by atoms with van der Waals surface area (Å²) in [5.74, 6) is 0. The van der Waals surface area contributed by atoms with E-state index in [2.05, 4.69) is 301 Å². The molecule has 0 fully saturated rings. The average molecular weight is 1090 g/mol. The summed E-state index contributed by atoms with van der Waals surface area (Å²) in [6, 6.07) is 112. The Morgan fingerprint density at radius 2 is 0.500 bits per heavy atom. The van der Waals surface area contributed by atoms with Gasteiger partial charge in [-0.15, -0.1) is 22.7 Å². The van der Waals surface area contributed by atoms with Crippen LogP contribution in [0.4, 0.5) is 34.1 Å². The molecule has 0 atom stereocenters. The predicted octanol–water partition coefficient (Wildman–Crippen LogP) is 15.0. The standard InChI is InChI=1S/C74H48N2S2Si2/c1-5-25-49(26-6-1)79(50-27-7-2-8-28-50)69-43-23-19-39-61(69)75(63-47-67-59(45-71(63)79)53-33-17-21-41-65(53)77-67)73-55-35-13-15-37-57(55)74(58-38-16-14-36-56(58)73)76-62-40-20-24-44-70(62)80(51-29-9-3-10-30-51,52-31-11-4-12-32-52)72-46-60-54-34-18-22-42-66(54)78-68(60)48-64(72)76/h1-48H. The van der Waals surface area contributed by atoms with E-state index in [1.54, 1.807) is 0 Å². The van der Waals surface area contributed by atoms with Crippen molar-refractivity contribution in [3.8, 4) is 0 Å². The molecule has 2 aliphatic heterocycles. The molecule has 0 saturated carbocycles. The molecule has 0 saturated heterocycles. The molecule has 80 heavy (non-hydrogen) atoms. The fourth-order valence-electron chi connectivity index (χ4n) is 14.4. The highest BCUT2D eigenvalue weighted by Crippen LogP contribution is 2.54. The summed E-state index contributed by atoms with van der Waals surface area (Å²) in [7, 11) is -6.05. The highest BCUT2D eigenvalue weighted by atomic mass is 32.1. The molecule has 0 amide bonds. The number of rotatable bonds is 6. The molecule has 13 aromatic carbocycles. The van der Waals surface area contributed by atoms with Crippen LogP contribution in [0.3, 0.4) is 0 Å². The van der Waals surface area contributed by atoms with Gasteiger partial charge in [-0.2, -0.15) is 0 Å². The molecule has 0 N–H and O–H groups in total. The molecule has 6 heteroatoms. The van der Waals surface area contributed by atoms with E-state index in [-0.39, 0.29) is 0 Å². The van der Waals surface area contributed by atoms with Crippen LogP contribution in [-0.4, -0.2) is 16.1 Å². The van der Waals surface area contributed by atoms with E-state index in [1.165, 1.54) is 138 Å². The molecule has 374 valence electrons. The van der Waals surface area contributed by atoms with E-state index < -0.39 is 16.1 Å². The second kappa shape index (κ2) is 17.7. The van der Waals surface area contributed by atoms with Crippen molar-refractivity contribution in [3.05, 3.63) is 291 Å². The van der Waals surface area contributed by atoms with Gasteiger partial charge in [0.05, 0.1) is 11.4 Å². The lowest BCUT2D eigenvalue weighted by molar-refractivity contribution is 1.31. The zero-order valence-corrected chi connectivity index (χ0v) is 47.1. The van der Waals surface area contributed by atoms with E-state index in [1.807, 2.05) is 22.7 Å². The summed E-state index contributed by atoms with van der Waals surface area (Å²) in [6.45, 7) is 0. The van der Waals surface area contributed by atoms with Gasteiger partial charge in [-0.25, -0.2) is 0 Å². The summed E-state index contributed by atoms with van der Waals surface area (Å²) < 4.78 is 5.20. The van der Waals surface area contributed by atoms with Crippen molar-refractivity contribution >= 4 is 176 Å². The van der Waals surface area contributed by atoms with Gasteiger partial charge >= 0.3 is 0 Å². The number of hydrogen-bond donors (Lipinski definition) is 0. The number of anilines is 6. The van der Waals surface area contributed by atoms with Crippen LogP contribution in [0.15, 0.2) is 291 Å². The summed E-state index contributed by atoms with van der Waals surface area (Å²) in [5.41, 5.74) is 7.33. The SMILES string of the molecule is c1ccc([Si]2(c3ccccc3)c3ccccc3N(c3c4ccccc4c(N4c5ccccc5[Si](c5ccccc5)(c5ccccc5)c5cc6c(cc54)sc4ccccc46)c4ccccc34)c3cc4sc5ccccc5c4cc32)cc1. The highest BCUT2D eigenvalue weighted by molar-refractivity contribution is 7.27. The molecule has 2 aromatic heterocycles. The maximum atomic E-state index is 2.68. The van der Waals surface area contributed by atoms with Crippen molar-refractivity contribution in [3.63, 3.8) is 0 Å². The molecule has 0 radical (unpaired) electrons. The predicted molar refractivity (Wildman–Crippen MR) is 351 cm³/mol. The van der Waals surface area contributed by atoms with Crippen LogP contribution in [0, 0.1) is 0 Å². The molecule has 0 bridgehead atoms. The number of hydrogen-bond acceptors (Lipinski definition) is 4. The van der Waals surface area contributed by atoms with E-state index in [9.17, 15) is 0 Å². The molecule has 15 aromatic rings. The first-order chi connectivity index (χ1) is 39.7. The van der Waals surface area contributed by atoms with Crippen molar-refractivity contribution < 1.29 is 0 Å². The first-order valence-electron chi connectivity index (χ1n) is 27.6. The van der Waals surface area contributed by atoms with Gasteiger partial charge in [0.15, 0.2) is 16.1 Å². The molecular weight excluding hydrogens is 1040 g/mol. The Balaban J connectivity index is 1.01. The van der Waals surface area contributed by atoms with Gasteiger partial charge in [0, 0.05) is 84.6 Å². The number of benzene rings is 13.